The fourth-order valence-electron chi connectivity index (χ4n) is 3.03. The molecule has 2 aromatic heterocycles. The fraction of sp³-hybridized carbons (Fsp3) is 0.579. The van der Waals surface area contributed by atoms with E-state index in [1.165, 1.54) is 35.0 Å². The van der Waals surface area contributed by atoms with Crippen LogP contribution in [0, 0.1) is 17.2 Å². The molecular formula is C19H24N4OS2. The third kappa shape index (κ3) is 3.58. The van der Waals surface area contributed by atoms with Gasteiger partial charge in [-0.3, -0.25) is 4.79 Å². The summed E-state index contributed by atoms with van der Waals surface area (Å²) >= 11 is 3.21. The van der Waals surface area contributed by atoms with Gasteiger partial charge in [-0.25, -0.2) is 9.97 Å². The first kappa shape index (κ1) is 19.1. The Balaban J connectivity index is 1.84. The molecule has 1 aliphatic carbocycles. The lowest BCUT2D eigenvalue weighted by atomic mass is 9.90. The molecule has 0 bridgehead atoms. The number of hydrogen-bond donors (Lipinski definition) is 1. The zero-order chi connectivity index (χ0) is 18.9. The molecular weight excluding hydrogens is 364 g/mol. The Morgan fingerprint density at radius 3 is 2.77 bits per heavy atom. The minimum absolute atomic E-state index is 0.0308. The molecule has 0 saturated carbocycles. The van der Waals surface area contributed by atoms with Crippen molar-refractivity contribution in [2.75, 3.05) is 0 Å². The highest BCUT2D eigenvalue weighted by Crippen LogP contribution is 2.40. The Hall–Kier alpha value is -1.65. The molecule has 2 heterocycles. The molecule has 0 radical (unpaired) electrons. The number of amides is 1. The van der Waals surface area contributed by atoms with Gasteiger partial charge < -0.3 is 5.32 Å². The van der Waals surface area contributed by atoms with E-state index >= 15 is 0 Å². The lowest BCUT2D eigenvalue weighted by molar-refractivity contribution is -0.121. The second-order valence-corrected chi connectivity index (χ2v) is 9.70. The van der Waals surface area contributed by atoms with Crippen molar-refractivity contribution in [1.29, 1.82) is 5.26 Å². The minimum Gasteiger partial charge on any atom is -0.337 e. The summed E-state index contributed by atoms with van der Waals surface area (Å²) < 4.78 is 0. The molecule has 0 saturated heterocycles. The number of hydrogen-bond acceptors (Lipinski definition) is 6. The van der Waals surface area contributed by atoms with E-state index < -0.39 is 5.54 Å². The van der Waals surface area contributed by atoms with E-state index in [0.717, 1.165) is 28.1 Å². The average molecular weight is 389 g/mol. The van der Waals surface area contributed by atoms with E-state index in [9.17, 15) is 10.1 Å². The number of nitrogens with one attached hydrogen (secondary N) is 1. The molecule has 0 spiro atoms. The normalized spacial score (nSPS) is 17.4. The van der Waals surface area contributed by atoms with Gasteiger partial charge in [0.2, 0.25) is 5.91 Å². The van der Waals surface area contributed by atoms with Gasteiger partial charge in [0.1, 0.15) is 21.7 Å². The van der Waals surface area contributed by atoms with E-state index in [4.69, 9.17) is 0 Å². The maximum absolute atomic E-state index is 12.7. The third-order valence-corrected chi connectivity index (χ3v) is 7.44. The van der Waals surface area contributed by atoms with Crippen LogP contribution in [-0.4, -0.2) is 26.7 Å². The lowest BCUT2D eigenvalue weighted by Gasteiger charge is -2.28. The first-order valence-electron chi connectivity index (χ1n) is 9.01. The van der Waals surface area contributed by atoms with Crippen LogP contribution < -0.4 is 5.32 Å². The lowest BCUT2D eigenvalue weighted by Crippen LogP contribution is -2.51. The Morgan fingerprint density at radius 2 is 2.08 bits per heavy atom. The summed E-state index contributed by atoms with van der Waals surface area (Å²) in [4.78, 5) is 24.0. The van der Waals surface area contributed by atoms with E-state index in [1.807, 2.05) is 20.8 Å². The fourth-order valence-corrected chi connectivity index (χ4v) is 5.27. The summed E-state index contributed by atoms with van der Waals surface area (Å²) in [6, 6.07) is 2.23. The highest BCUT2D eigenvalue weighted by Gasteiger charge is 2.32. The van der Waals surface area contributed by atoms with Gasteiger partial charge in [0, 0.05) is 10.3 Å². The highest BCUT2D eigenvalue weighted by atomic mass is 32.2. The molecule has 7 heteroatoms. The number of rotatable bonds is 5. The van der Waals surface area contributed by atoms with Gasteiger partial charge in [0.25, 0.3) is 0 Å². The van der Waals surface area contributed by atoms with Gasteiger partial charge in [-0.15, -0.1) is 11.3 Å². The van der Waals surface area contributed by atoms with Crippen molar-refractivity contribution in [2.45, 2.75) is 69.2 Å². The first-order valence-corrected chi connectivity index (χ1v) is 10.7. The number of nitriles is 1. The van der Waals surface area contributed by atoms with Gasteiger partial charge in [-0.05, 0) is 51.0 Å². The number of thioether (sulfide) groups is 1. The number of aryl methyl sites for hydroxylation is 2. The predicted molar refractivity (Wildman–Crippen MR) is 106 cm³/mol. The van der Waals surface area contributed by atoms with E-state index in [2.05, 4.69) is 21.4 Å². The van der Waals surface area contributed by atoms with Crippen molar-refractivity contribution in [3.8, 4) is 6.07 Å². The van der Waals surface area contributed by atoms with Gasteiger partial charge in [-0.2, -0.15) is 5.26 Å². The maximum Gasteiger partial charge on any atom is 0.234 e. The summed E-state index contributed by atoms with van der Waals surface area (Å²) in [6.07, 6.45) is 6.20. The molecule has 2 aromatic rings. The van der Waals surface area contributed by atoms with Gasteiger partial charge in [-0.1, -0.05) is 25.6 Å². The van der Waals surface area contributed by atoms with Crippen molar-refractivity contribution >= 4 is 39.2 Å². The van der Waals surface area contributed by atoms with Crippen molar-refractivity contribution < 1.29 is 4.79 Å². The van der Waals surface area contributed by atoms with Gasteiger partial charge in [0.05, 0.1) is 11.3 Å². The van der Waals surface area contributed by atoms with E-state index in [1.54, 1.807) is 24.6 Å². The molecule has 0 aromatic carbocycles. The smallest absolute Gasteiger partial charge is 0.234 e. The van der Waals surface area contributed by atoms with Crippen LogP contribution in [-0.2, 0) is 17.6 Å². The van der Waals surface area contributed by atoms with Crippen LogP contribution in [0.25, 0.3) is 10.2 Å². The number of fused-ring (bicyclic) bond motifs is 3. The number of carbonyl (C=O) groups excluding carboxylic acids is 1. The van der Waals surface area contributed by atoms with Crippen LogP contribution in [0.3, 0.4) is 0 Å². The van der Waals surface area contributed by atoms with Gasteiger partial charge >= 0.3 is 0 Å². The third-order valence-electron chi connectivity index (χ3n) is 5.14. The summed E-state index contributed by atoms with van der Waals surface area (Å²) in [6.45, 7) is 7.51. The summed E-state index contributed by atoms with van der Waals surface area (Å²) in [5.41, 5.74) is 0.505. The van der Waals surface area contributed by atoms with Crippen LogP contribution in [0.2, 0.25) is 0 Å². The predicted octanol–water partition coefficient (Wildman–Crippen LogP) is 4.11. The maximum atomic E-state index is 12.7. The molecule has 5 nitrogen and oxygen atoms in total. The van der Waals surface area contributed by atoms with E-state index in [-0.39, 0.29) is 17.1 Å². The second-order valence-electron chi connectivity index (χ2n) is 7.29. The number of nitrogens with zero attached hydrogens (tertiary/aromatic N) is 3. The Kier molecular flexibility index (Phi) is 5.54. The Morgan fingerprint density at radius 1 is 1.35 bits per heavy atom. The van der Waals surface area contributed by atoms with Crippen LogP contribution in [0.1, 0.15) is 51.0 Å². The molecule has 2 atom stereocenters. The largest absolute Gasteiger partial charge is 0.337 e. The first-order chi connectivity index (χ1) is 12.4. The molecule has 0 fully saturated rings. The zero-order valence-corrected chi connectivity index (χ0v) is 17.3. The number of aromatic nitrogens is 2. The second kappa shape index (κ2) is 7.53. The number of carbonyl (C=O) groups is 1. The molecule has 1 N–H and O–H groups in total. The van der Waals surface area contributed by atoms with E-state index in [0.29, 0.717) is 0 Å². The standard InChI is InChI=1S/C19H24N4OS2/c1-11(2)19(4,9-20)23-16(24)12(3)25-17-15-13-7-5-6-8-14(13)26-18(15)22-10-21-17/h10-12H,5-8H2,1-4H3,(H,23,24)/t12-,19+/m1/s1. The highest BCUT2D eigenvalue weighted by molar-refractivity contribution is 8.00. The van der Waals surface area contributed by atoms with Crippen LogP contribution in [0.4, 0.5) is 0 Å². The summed E-state index contributed by atoms with van der Waals surface area (Å²) in [5.74, 6) is -0.105. The van der Waals surface area contributed by atoms with Crippen LogP contribution in [0.5, 0.6) is 0 Å². The van der Waals surface area contributed by atoms with Crippen LogP contribution >= 0.6 is 23.1 Å². The molecule has 0 unspecified atom stereocenters. The quantitative estimate of drug-likeness (QED) is 0.616. The van der Waals surface area contributed by atoms with Crippen molar-refractivity contribution in [3.05, 3.63) is 16.8 Å². The molecule has 138 valence electrons. The summed E-state index contributed by atoms with van der Waals surface area (Å²) in [5, 5.41) is 14.0. The minimum atomic E-state index is -0.867. The van der Waals surface area contributed by atoms with Crippen molar-refractivity contribution in [2.24, 2.45) is 5.92 Å². The van der Waals surface area contributed by atoms with Crippen molar-refractivity contribution in [1.82, 2.24) is 15.3 Å². The molecule has 1 amide bonds. The molecule has 26 heavy (non-hydrogen) atoms. The topological polar surface area (TPSA) is 78.7 Å². The Bertz CT molecular complexity index is 870. The molecule has 3 rings (SSSR count). The Labute approximate surface area is 162 Å². The van der Waals surface area contributed by atoms with Crippen LogP contribution in [0.15, 0.2) is 11.4 Å². The molecule has 0 aliphatic heterocycles. The monoisotopic (exact) mass is 388 g/mol. The molecule has 1 aliphatic rings. The number of thiophene rings is 1. The van der Waals surface area contributed by atoms with Crippen molar-refractivity contribution in [3.63, 3.8) is 0 Å². The average Bonchev–Trinajstić information content (AvgIpc) is 3.00. The van der Waals surface area contributed by atoms with Gasteiger partial charge in [0.15, 0.2) is 0 Å². The zero-order valence-electron chi connectivity index (χ0n) is 15.6. The summed E-state index contributed by atoms with van der Waals surface area (Å²) in [7, 11) is 0. The SMILES string of the molecule is CC(C)[C@](C)(C#N)NC(=O)[C@@H](C)Sc1ncnc2sc3c(c12)CCCC3.